The summed E-state index contributed by atoms with van der Waals surface area (Å²) in [5.74, 6) is 2.08. The molecule has 0 spiro atoms. The maximum Gasteiger partial charge on any atom is 0.411 e. The quantitative estimate of drug-likeness (QED) is 0.0124. The summed E-state index contributed by atoms with van der Waals surface area (Å²) < 4.78 is 5.57. The number of amides is 7. The van der Waals surface area contributed by atoms with Crippen LogP contribution in [0.3, 0.4) is 0 Å². The molecule has 5 rings (SSSR count). The topological polar surface area (TPSA) is 283 Å². The Morgan fingerprint density at radius 3 is 2.17 bits per heavy atom. The first-order valence-electron chi connectivity index (χ1n) is 29.0. The molecule has 86 heavy (non-hydrogen) atoms. The first-order chi connectivity index (χ1) is 40.7. The van der Waals surface area contributed by atoms with Crippen molar-refractivity contribution >= 4 is 58.9 Å². The van der Waals surface area contributed by atoms with E-state index in [0.717, 1.165) is 11.1 Å². The number of hydrogen-bond acceptors (Lipinski definition) is 12. The molecule has 2 aliphatic rings. The van der Waals surface area contributed by atoms with Crippen LogP contribution in [-0.4, -0.2) is 120 Å². The lowest BCUT2D eigenvalue weighted by atomic mass is 9.76. The Morgan fingerprint density at radius 1 is 0.814 bits per heavy atom. The van der Waals surface area contributed by atoms with Crippen LogP contribution in [0.15, 0.2) is 126 Å². The summed E-state index contributed by atoms with van der Waals surface area (Å²) in [6.07, 6.45) is 8.21. The summed E-state index contributed by atoms with van der Waals surface area (Å²) in [5, 5.41) is 30.0. The zero-order chi connectivity index (χ0) is 63.5. The second kappa shape index (κ2) is 31.5. The predicted molar refractivity (Wildman–Crippen MR) is 332 cm³/mol. The molecule has 0 aromatic heterocycles. The number of aliphatic carboxylic acids is 1. The number of anilines is 2. The van der Waals surface area contributed by atoms with Crippen LogP contribution < -0.4 is 43.0 Å². The van der Waals surface area contributed by atoms with Crippen LogP contribution in [0.1, 0.15) is 117 Å². The number of nitrogens with two attached hydrogens (primary N) is 1. The van der Waals surface area contributed by atoms with Crippen LogP contribution in [0.5, 0.6) is 0 Å². The maximum atomic E-state index is 14.2. The monoisotopic (exact) mass is 1180 g/mol. The molecular formula is C66H86N10O10. The van der Waals surface area contributed by atoms with E-state index in [0.29, 0.717) is 46.7 Å². The van der Waals surface area contributed by atoms with Gasteiger partial charge in [-0.15, -0.1) is 5.73 Å². The van der Waals surface area contributed by atoms with Crippen molar-refractivity contribution in [1.29, 1.82) is 0 Å². The Bertz CT molecular complexity index is 3190. The van der Waals surface area contributed by atoms with Gasteiger partial charge in [0.05, 0.1) is 29.9 Å². The summed E-state index contributed by atoms with van der Waals surface area (Å²) >= 11 is 0. The van der Waals surface area contributed by atoms with Gasteiger partial charge in [-0.1, -0.05) is 129 Å². The third-order valence-corrected chi connectivity index (χ3v) is 15.0. The van der Waals surface area contributed by atoms with Gasteiger partial charge in [-0.05, 0) is 116 Å². The third-order valence-electron chi connectivity index (χ3n) is 15.0. The number of carboxylic acid groups (broad SMARTS) is 1. The van der Waals surface area contributed by atoms with Gasteiger partial charge >= 0.3 is 12.1 Å². The minimum atomic E-state index is -1.09. The lowest BCUT2D eigenvalue weighted by molar-refractivity contribution is -0.141. The van der Waals surface area contributed by atoms with Crippen molar-refractivity contribution in [3.8, 4) is 11.8 Å². The van der Waals surface area contributed by atoms with Gasteiger partial charge in [0.15, 0.2) is 0 Å². The predicted octanol–water partition coefficient (Wildman–Crippen LogP) is 6.91. The number of ether oxygens (including phenoxy) is 1. The van der Waals surface area contributed by atoms with Crippen molar-refractivity contribution in [2.45, 2.75) is 144 Å². The first-order valence-corrected chi connectivity index (χ1v) is 29.0. The molecule has 1 aliphatic heterocycles. The van der Waals surface area contributed by atoms with Crippen molar-refractivity contribution in [2.24, 2.45) is 23.0 Å². The zero-order valence-corrected chi connectivity index (χ0v) is 51.6. The largest absolute Gasteiger partial charge is 0.478 e. The van der Waals surface area contributed by atoms with E-state index in [2.05, 4.69) is 54.8 Å². The number of rotatable bonds is 27. The fourth-order valence-corrected chi connectivity index (χ4v) is 9.92. The maximum absolute atomic E-state index is 14.2. The van der Waals surface area contributed by atoms with E-state index < -0.39 is 76.7 Å². The highest BCUT2D eigenvalue weighted by Gasteiger charge is 2.42. The minimum Gasteiger partial charge on any atom is -0.478 e. The lowest BCUT2D eigenvalue weighted by Gasteiger charge is -2.40. The zero-order valence-electron chi connectivity index (χ0n) is 51.6. The molecule has 1 heterocycles. The fourth-order valence-electron chi connectivity index (χ4n) is 9.92. The summed E-state index contributed by atoms with van der Waals surface area (Å²) in [6.45, 7) is 18.9. The molecule has 0 saturated heterocycles. The van der Waals surface area contributed by atoms with E-state index in [1.165, 1.54) is 11.8 Å². The highest BCUT2D eigenvalue weighted by atomic mass is 16.5. The molecule has 10 N–H and O–H groups in total. The summed E-state index contributed by atoms with van der Waals surface area (Å²) in [6, 6.07) is 16.8. The number of hydrogen-bond donors (Lipinski definition) is 9. The number of benzene rings is 3. The van der Waals surface area contributed by atoms with E-state index in [9.17, 15) is 43.5 Å². The number of carbonyl (C=O) groups is 8. The second-order valence-corrected chi connectivity index (χ2v) is 23.8. The van der Waals surface area contributed by atoms with E-state index >= 15 is 0 Å². The summed E-state index contributed by atoms with van der Waals surface area (Å²) in [5.41, 5.74) is 12.2. The molecule has 3 aromatic rings. The molecule has 0 radical (unpaired) electrons. The molecular weight excluding hydrogens is 1090 g/mol. The van der Waals surface area contributed by atoms with Crippen molar-refractivity contribution in [3.05, 3.63) is 148 Å². The number of carboxylic acids is 1. The van der Waals surface area contributed by atoms with Crippen molar-refractivity contribution in [2.75, 3.05) is 37.9 Å². The molecule has 0 saturated carbocycles. The Hall–Kier alpha value is -8.60. The van der Waals surface area contributed by atoms with Crippen LogP contribution in [0, 0.1) is 29.1 Å². The summed E-state index contributed by atoms with van der Waals surface area (Å²) in [4.78, 5) is 112. The molecule has 20 nitrogen and oxygen atoms in total. The van der Waals surface area contributed by atoms with Gasteiger partial charge in [0.1, 0.15) is 24.7 Å². The van der Waals surface area contributed by atoms with Crippen molar-refractivity contribution in [1.82, 2.24) is 36.4 Å². The standard InChI is InChI=1S/C66H86N10O10/c1-41(2)53(36-43(5)63(83)84)75(12)62(82)58(65(6,7)8)74-61(81)57(68-11)66(9,10)48-23-18-24-50(37-48)71-64(85)86-39-44-27-31-49(32-28-44)70-59(79)51(25-19-35-69-40-67)72-60(80)56(42(3)4)73-54(77)33-34-55(78)76-38-47-22-17-16-20-45(47)29-30-46-21-14-13-15-26-52(46)76/h13,15-18,20-24,26-28,31-32,36-37,41-42,51,53,56-58,68-69H,19,25,33-35,38-40,67H2,1-12H3,(H,70,79)(H,71,85)(H,72,80)(H,73,77)(H,74,81)(H,83,84)/b43-36+/t51-,53+,56-,57+,58?/m0/s1. The molecule has 7 amide bonds. The van der Waals surface area contributed by atoms with E-state index in [-0.39, 0.29) is 68.3 Å². The number of allylic oxidation sites excluding steroid dienone is 4. The fraction of sp³-hybridized carbons (Fsp3) is 0.439. The average Bonchev–Trinajstić information content (AvgIpc) is 1.54. The first kappa shape index (κ1) is 68.2. The SMILES string of the molecule is CN[C@H](C(=O)NC(C(=O)N(C)[C@H](/C=C(\C)C(=O)O)C(C)C)C(C)(C)C)C(C)(C)c1cccc(NC(=O)OCc2ccc(NC(=O)[C@H](CCCNCN)NC(=O)[C@@H](NC(=O)CCC(=O)N3Cc4ccccc4C#CC4=C3C=CC=C=C4)C(C)C)cc2)c1. The van der Waals surface area contributed by atoms with Gasteiger partial charge in [0, 0.05) is 54.5 Å². The molecule has 1 unspecified atom stereocenters. The lowest BCUT2D eigenvalue weighted by Crippen LogP contribution is -2.61. The van der Waals surface area contributed by atoms with Crippen LogP contribution >= 0.6 is 0 Å². The van der Waals surface area contributed by atoms with Crippen LogP contribution in [0.2, 0.25) is 0 Å². The average molecular weight is 1180 g/mol. The summed E-state index contributed by atoms with van der Waals surface area (Å²) in [7, 11) is 3.26. The van der Waals surface area contributed by atoms with E-state index in [1.807, 2.05) is 78.8 Å². The minimum absolute atomic E-state index is 0.105. The van der Waals surface area contributed by atoms with E-state index in [1.54, 1.807) is 106 Å². The Labute approximate surface area is 506 Å². The highest BCUT2D eigenvalue weighted by Crippen LogP contribution is 2.32. The van der Waals surface area contributed by atoms with Crippen LogP contribution in [-0.2, 0) is 56.9 Å². The Morgan fingerprint density at radius 2 is 1.52 bits per heavy atom. The Balaban J connectivity index is 1.17. The van der Waals surface area contributed by atoms with Gasteiger partial charge in [0.2, 0.25) is 35.4 Å². The van der Waals surface area contributed by atoms with Crippen molar-refractivity contribution < 1.29 is 48.2 Å². The van der Waals surface area contributed by atoms with E-state index in [4.69, 9.17) is 10.5 Å². The second-order valence-electron chi connectivity index (χ2n) is 23.8. The number of nitrogens with one attached hydrogen (secondary N) is 7. The molecule has 5 atom stereocenters. The highest BCUT2D eigenvalue weighted by molar-refractivity contribution is 5.99. The number of likely N-dealkylation sites (N-methyl/N-ethyl adjacent to an activating group) is 2. The molecule has 20 heteroatoms. The number of carbonyl (C=O) groups excluding carboxylic acids is 7. The normalized spacial score (nSPS) is 14.8. The molecule has 0 bridgehead atoms. The number of fused-ring (bicyclic) bond motifs is 1. The molecule has 1 aliphatic carbocycles. The van der Waals surface area contributed by atoms with Crippen LogP contribution in [0.25, 0.3) is 0 Å². The van der Waals surface area contributed by atoms with Gasteiger partial charge in [0.25, 0.3) is 0 Å². The van der Waals surface area contributed by atoms with Gasteiger partial charge in [-0.2, -0.15) is 0 Å². The Kier molecular flexibility index (Phi) is 25.0. The smallest absolute Gasteiger partial charge is 0.411 e. The van der Waals surface area contributed by atoms with Gasteiger partial charge in [-0.3, -0.25) is 34.1 Å². The molecule has 3 aromatic carbocycles. The van der Waals surface area contributed by atoms with Crippen molar-refractivity contribution in [3.63, 3.8) is 0 Å². The molecule has 0 fully saturated rings. The third kappa shape index (κ3) is 19.2. The van der Waals surface area contributed by atoms with Crippen LogP contribution in [0.4, 0.5) is 16.2 Å². The van der Waals surface area contributed by atoms with Gasteiger partial charge < -0.3 is 57.3 Å². The van der Waals surface area contributed by atoms with Gasteiger partial charge in [-0.25, -0.2) is 9.59 Å². The molecule has 460 valence electrons. The number of nitrogens with zero attached hydrogens (tertiary/aromatic N) is 2.